The van der Waals surface area contributed by atoms with E-state index in [0.29, 0.717) is 17.8 Å². The number of anilines is 1. The molecule has 0 unspecified atom stereocenters. The molecule has 2 aliphatic carbocycles. The fourth-order valence-corrected chi connectivity index (χ4v) is 4.25. The molecule has 2 amide bonds. The van der Waals surface area contributed by atoms with Crippen LogP contribution in [0, 0.1) is 11.3 Å². The molecule has 6 nitrogen and oxygen atoms in total. The molecule has 0 radical (unpaired) electrons. The minimum Gasteiger partial charge on any atom is -0.377 e. The number of hydrogen-bond acceptors (Lipinski definition) is 3. The second-order valence-corrected chi connectivity index (χ2v) is 6.25. The van der Waals surface area contributed by atoms with E-state index < -0.39 is 0 Å². The molecule has 0 bridgehead atoms. The summed E-state index contributed by atoms with van der Waals surface area (Å²) in [6.07, 6.45) is 6.76. The molecule has 1 aromatic rings. The van der Waals surface area contributed by atoms with Gasteiger partial charge in [0.15, 0.2) is 0 Å². The lowest BCUT2D eigenvalue weighted by atomic mass is 9.46. The van der Waals surface area contributed by atoms with Crippen LogP contribution in [0.3, 0.4) is 0 Å². The number of ether oxygens (including phenoxy) is 1. The maximum atomic E-state index is 12.2. The SMILES string of the molecule is Cn1nccc1NC(=O)N[C@@H]1[C@H]2CCO[C@@H]2C12CCC2. The standard InChI is InChI=1S/C14H20N4O2/c1-18-10(3-7-15-18)16-13(19)17-11-9-4-8-20-12(9)14(11)5-2-6-14/h3,7,9,11-12H,2,4-6,8H2,1H3,(H2,16,17,19)/t9-,11-,12+/m1/s1. The fraction of sp³-hybridized carbons (Fsp3) is 0.714. The molecule has 4 rings (SSSR count). The molecule has 1 aromatic heterocycles. The van der Waals surface area contributed by atoms with Crippen molar-refractivity contribution < 1.29 is 9.53 Å². The number of nitrogens with one attached hydrogen (secondary N) is 2. The molecule has 3 aliphatic rings. The Kier molecular flexibility index (Phi) is 2.57. The Morgan fingerprint density at radius 1 is 1.55 bits per heavy atom. The normalized spacial score (nSPS) is 33.1. The highest BCUT2D eigenvalue weighted by molar-refractivity contribution is 5.88. The van der Waals surface area contributed by atoms with Gasteiger partial charge in [0.1, 0.15) is 5.82 Å². The number of aromatic nitrogens is 2. The largest absolute Gasteiger partial charge is 0.377 e. The Morgan fingerprint density at radius 3 is 3.05 bits per heavy atom. The summed E-state index contributed by atoms with van der Waals surface area (Å²) < 4.78 is 7.51. The van der Waals surface area contributed by atoms with Crippen LogP contribution in [0.5, 0.6) is 0 Å². The molecule has 108 valence electrons. The van der Waals surface area contributed by atoms with Crippen molar-refractivity contribution >= 4 is 11.8 Å². The van der Waals surface area contributed by atoms with E-state index in [0.717, 1.165) is 13.0 Å². The predicted molar refractivity (Wildman–Crippen MR) is 73.3 cm³/mol. The third-order valence-corrected chi connectivity index (χ3v) is 5.39. The first kappa shape index (κ1) is 12.2. The number of nitrogens with zero attached hydrogens (tertiary/aromatic N) is 2. The van der Waals surface area contributed by atoms with E-state index in [-0.39, 0.29) is 17.5 Å². The first-order valence-electron chi connectivity index (χ1n) is 7.38. The number of aryl methyl sites for hydroxylation is 1. The number of carbonyl (C=O) groups excluding carboxylic acids is 1. The van der Waals surface area contributed by atoms with Crippen LogP contribution in [0.1, 0.15) is 25.7 Å². The van der Waals surface area contributed by atoms with Crippen molar-refractivity contribution in [1.82, 2.24) is 15.1 Å². The Labute approximate surface area is 117 Å². The van der Waals surface area contributed by atoms with E-state index in [4.69, 9.17) is 4.74 Å². The van der Waals surface area contributed by atoms with Crippen LogP contribution < -0.4 is 10.6 Å². The average Bonchev–Trinajstić information content (AvgIpc) is 2.93. The zero-order chi connectivity index (χ0) is 13.7. The van der Waals surface area contributed by atoms with Crippen LogP contribution in [0.15, 0.2) is 12.3 Å². The van der Waals surface area contributed by atoms with Crippen molar-refractivity contribution in [2.45, 2.75) is 37.8 Å². The summed E-state index contributed by atoms with van der Waals surface area (Å²) in [6.45, 7) is 0.846. The Bertz CT molecular complexity index is 537. The number of fused-ring (bicyclic) bond motifs is 2. The Balaban J connectivity index is 1.43. The summed E-state index contributed by atoms with van der Waals surface area (Å²) in [4.78, 5) is 12.2. The average molecular weight is 276 g/mol. The van der Waals surface area contributed by atoms with Crippen molar-refractivity contribution in [2.75, 3.05) is 11.9 Å². The zero-order valence-corrected chi connectivity index (χ0v) is 11.6. The van der Waals surface area contributed by atoms with E-state index in [1.54, 1.807) is 16.9 Å². The van der Waals surface area contributed by atoms with Gasteiger partial charge >= 0.3 is 6.03 Å². The van der Waals surface area contributed by atoms with Gasteiger partial charge in [-0.25, -0.2) is 4.79 Å². The predicted octanol–water partition coefficient (Wildman–Crippen LogP) is 1.50. The topological polar surface area (TPSA) is 68.2 Å². The van der Waals surface area contributed by atoms with Gasteiger partial charge in [-0.2, -0.15) is 5.10 Å². The summed E-state index contributed by atoms with van der Waals surface area (Å²) in [6, 6.07) is 1.94. The second-order valence-electron chi connectivity index (χ2n) is 6.25. The molecule has 0 aromatic carbocycles. The van der Waals surface area contributed by atoms with Gasteiger partial charge in [-0.3, -0.25) is 10.00 Å². The number of rotatable bonds is 2. The highest BCUT2D eigenvalue weighted by Gasteiger charge is 2.66. The summed E-state index contributed by atoms with van der Waals surface area (Å²) >= 11 is 0. The van der Waals surface area contributed by atoms with Crippen molar-refractivity contribution in [2.24, 2.45) is 18.4 Å². The quantitative estimate of drug-likeness (QED) is 0.860. The second kappa shape index (κ2) is 4.22. The maximum absolute atomic E-state index is 12.2. The molecule has 1 spiro atoms. The van der Waals surface area contributed by atoms with Crippen LogP contribution in [-0.4, -0.2) is 34.6 Å². The van der Waals surface area contributed by atoms with Gasteiger partial charge in [-0.15, -0.1) is 0 Å². The lowest BCUT2D eigenvalue weighted by Crippen LogP contribution is -2.72. The van der Waals surface area contributed by atoms with Gasteiger partial charge in [0.05, 0.1) is 12.3 Å². The fourth-order valence-electron chi connectivity index (χ4n) is 4.25. The van der Waals surface area contributed by atoms with Gasteiger partial charge < -0.3 is 10.1 Å². The van der Waals surface area contributed by atoms with Gasteiger partial charge in [0.2, 0.25) is 0 Å². The van der Waals surface area contributed by atoms with Crippen molar-refractivity contribution in [3.63, 3.8) is 0 Å². The van der Waals surface area contributed by atoms with Gasteiger partial charge in [0, 0.05) is 37.1 Å². The molecule has 1 aliphatic heterocycles. The zero-order valence-electron chi connectivity index (χ0n) is 11.6. The number of urea groups is 1. The molecule has 1 saturated heterocycles. The van der Waals surface area contributed by atoms with Gasteiger partial charge in [-0.05, 0) is 19.3 Å². The van der Waals surface area contributed by atoms with Crippen LogP contribution in [0.25, 0.3) is 0 Å². The summed E-state index contributed by atoms with van der Waals surface area (Å²) in [7, 11) is 1.81. The molecule has 6 heteroatoms. The summed E-state index contributed by atoms with van der Waals surface area (Å²) in [5.74, 6) is 1.22. The molecule has 3 atom stereocenters. The monoisotopic (exact) mass is 276 g/mol. The first-order valence-corrected chi connectivity index (χ1v) is 7.38. The third kappa shape index (κ3) is 1.54. The minimum atomic E-state index is -0.129. The molecular weight excluding hydrogens is 256 g/mol. The van der Waals surface area contributed by atoms with Crippen molar-refractivity contribution in [1.29, 1.82) is 0 Å². The van der Waals surface area contributed by atoms with Gasteiger partial charge in [-0.1, -0.05) is 6.42 Å². The molecular formula is C14H20N4O2. The first-order chi connectivity index (χ1) is 9.71. The number of amides is 2. The summed E-state index contributed by atoms with van der Waals surface area (Å²) in [5, 5.41) is 10.1. The lowest BCUT2D eigenvalue weighted by Gasteiger charge is -2.63. The van der Waals surface area contributed by atoms with Crippen LogP contribution >= 0.6 is 0 Å². The van der Waals surface area contributed by atoms with E-state index in [1.807, 2.05) is 7.05 Å². The number of carbonyl (C=O) groups is 1. The molecule has 2 N–H and O–H groups in total. The molecule has 2 saturated carbocycles. The third-order valence-electron chi connectivity index (χ3n) is 5.39. The van der Waals surface area contributed by atoms with Gasteiger partial charge in [0.25, 0.3) is 0 Å². The number of hydrogen-bond donors (Lipinski definition) is 2. The maximum Gasteiger partial charge on any atom is 0.320 e. The van der Waals surface area contributed by atoms with Crippen LogP contribution in [0.4, 0.5) is 10.6 Å². The van der Waals surface area contributed by atoms with Crippen LogP contribution in [-0.2, 0) is 11.8 Å². The van der Waals surface area contributed by atoms with E-state index >= 15 is 0 Å². The van der Waals surface area contributed by atoms with Crippen molar-refractivity contribution in [3.8, 4) is 0 Å². The highest BCUT2D eigenvalue weighted by Crippen LogP contribution is 2.62. The van der Waals surface area contributed by atoms with Crippen LogP contribution in [0.2, 0.25) is 0 Å². The molecule has 3 fully saturated rings. The molecule has 2 heterocycles. The Hall–Kier alpha value is -1.56. The molecule has 20 heavy (non-hydrogen) atoms. The van der Waals surface area contributed by atoms with E-state index in [9.17, 15) is 4.79 Å². The highest BCUT2D eigenvalue weighted by atomic mass is 16.5. The van der Waals surface area contributed by atoms with Crippen molar-refractivity contribution in [3.05, 3.63) is 12.3 Å². The minimum absolute atomic E-state index is 0.129. The summed E-state index contributed by atoms with van der Waals surface area (Å²) in [5.41, 5.74) is 0.227. The van der Waals surface area contributed by atoms with E-state index in [2.05, 4.69) is 15.7 Å². The lowest BCUT2D eigenvalue weighted by molar-refractivity contribution is -0.171. The Morgan fingerprint density at radius 2 is 2.40 bits per heavy atom. The van der Waals surface area contributed by atoms with E-state index in [1.165, 1.54) is 19.3 Å². The smallest absolute Gasteiger partial charge is 0.320 e.